The van der Waals surface area contributed by atoms with Crippen molar-refractivity contribution in [1.29, 1.82) is 0 Å². The van der Waals surface area contributed by atoms with Crippen molar-refractivity contribution in [3.63, 3.8) is 0 Å². The van der Waals surface area contributed by atoms with Crippen molar-refractivity contribution in [2.45, 2.75) is 52.7 Å². The highest BCUT2D eigenvalue weighted by Crippen LogP contribution is 2.32. The molecule has 1 atom stereocenters. The highest BCUT2D eigenvalue weighted by Gasteiger charge is 2.30. The molecule has 2 N–H and O–H groups in total. The maximum atomic E-state index is 12.1. The smallest absolute Gasteiger partial charge is 0.246 e. The summed E-state index contributed by atoms with van der Waals surface area (Å²) in [4.78, 5) is 23.1. The molecular formula is C23H29N7O. The zero-order valence-electron chi connectivity index (χ0n) is 18.7. The first-order valence-electron chi connectivity index (χ1n) is 10.6. The molecule has 0 unspecified atom stereocenters. The summed E-state index contributed by atoms with van der Waals surface area (Å²) in [7, 11) is 1.87. The molecule has 4 rings (SSSR count). The summed E-state index contributed by atoms with van der Waals surface area (Å²) in [5, 5.41) is 10.7. The minimum atomic E-state index is -0.276. The molecule has 0 spiro atoms. The van der Waals surface area contributed by atoms with Gasteiger partial charge in [0.25, 0.3) is 0 Å². The molecule has 8 nitrogen and oxygen atoms in total. The number of aromatic nitrogens is 4. The lowest BCUT2D eigenvalue weighted by Crippen LogP contribution is -2.44. The number of aryl methyl sites for hydroxylation is 1. The van der Waals surface area contributed by atoms with Crippen LogP contribution < -0.4 is 15.5 Å². The van der Waals surface area contributed by atoms with Gasteiger partial charge >= 0.3 is 0 Å². The first kappa shape index (κ1) is 20.8. The van der Waals surface area contributed by atoms with Crippen molar-refractivity contribution in [3.05, 3.63) is 59.0 Å². The average molecular weight is 420 g/mol. The quantitative estimate of drug-likeness (QED) is 0.635. The molecule has 3 aromatic rings. The molecule has 3 heterocycles. The van der Waals surface area contributed by atoms with E-state index in [0.29, 0.717) is 24.1 Å². The number of hydrogen-bond acceptors (Lipinski definition) is 6. The Labute approximate surface area is 182 Å². The van der Waals surface area contributed by atoms with Crippen LogP contribution in [-0.4, -0.2) is 38.7 Å². The van der Waals surface area contributed by atoms with Crippen LogP contribution in [0.15, 0.2) is 36.7 Å². The fourth-order valence-corrected chi connectivity index (χ4v) is 3.63. The Kier molecular flexibility index (Phi) is 5.63. The summed E-state index contributed by atoms with van der Waals surface area (Å²) in [6.45, 7) is 9.43. The molecule has 31 heavy (non-hydrogen) atoms. The van der Waals surface area contributed by atoms with E-state index in [-0.39, 0.29) is 11.9 Å². The first-order valence-corrected chi connectivity index (χ1v) is 10.6. The lowest BCUT2D eigenvalue weighted by Gasteiger charge is -2.32. The summed E-state index contributed by atoms with van der Waals surface area (Å²) < 4.78 is 1.94. The Balaban J connectivity index is 1.44. The number of rotatable bonds is 6. The van der Waals surface area contributed by atoms with Gasteiger partial charge in [0.15, 0.2) is 5.82 Å². The Morgan fingerprint density at radius 2 is 2.03 bits per heavy atom. The van der Waals surface area contributed by atoms with Gasteiger partial charge in [-0.25, -0.2) is 4.98 Å². The number of benzene rings is 1. The van der Waals surface area contributed by atoms with E-state index in [1.165, 1.54) is 11.1 Å². The van der Waals surface area contributed by atoms with Crippen LogP contribution in [0.1, 0.15) is 49.1 Å². The fourth-order valence-electron chi connectivity index (χ4n) is 3.63. The zero-order chi connectivity index (χ0) is 22.1. The van der Waals surface area contributed by atoms with Gasteiger partial charge in [0.1, 0.15) is 11.7 Å². The molecule has 0 saturated carbocycles. The standard InChI is InChI=1S/C23H29N7O/c1-14(2)19-8-6-7-17(9-19)12-30-13-18(11-25-30)10-24-23-26-15(3)20-21(28-23)29(5)16(4)22(31)27-20/h6-9,11,13-14,16H,10,12H2,1-5H3,(H,27,31)(H,24,26,28)/t16-/m0/s1. The summed E-state index contributed by atoms with van der Waals surface area (Å²) in [6.07, 6.45) is 3.90. The summed E-state index contributed by atoms with van der Waals surface area (Å²) in [5.41, 5.74) is 5.03. The monoisotopic (exact) mass is 419 g/mol. The minimum absolute atomic E-state index is 0.0474. The number of carbonyl (C=O) groups excluding carboxylic acids is 1. The number of hydrogen-bond donors (Lipinski definition) is 2. The van der Waals surface area contributed by atoms with Gasteiger partial charge in [-0.2, -0.15) is 10.1 Å². The van der Waals surface area contributed by atoms with E-state index in [2.05, 4.69) is 63.8 Å². The van der Waals surface area contributed by atoms with E-state index in [1.54, 1.807) is 0 Å². The Morgan fingerprint density at radius 3 is 2.81 bits per heavy atom. The van der Waals surface area contributed by atoms with E-state index >= 15 is 0 Å². The van der Waals surface area contributed by atoms with Crippen LogP contribution >= 0.6 is 0 Å². The van der Waals surface area contributed by atoms with Crippen molar-refractivity contribution in [3.8, 4) is 0 Å². The third-order valence-corrected chi connectivity index (χ3v) is 5.71. The van der Waals surface area contributed by atoms with Crippen molar-refractivity contribution >= 4 is 23.4 Å². The molecule has 1 amide bonds. The lowest BCUT2D eigenvalue weighted by molar-refractivity contribution is -0.117. The van der Waals surface area contributed by atoms with Gasteiger partial charge in [0.2, 0.25) is 11.9 Å². The third kappa shape index (κ3) is 4.38. The Hall–Kier alpha value is -3.42. The highest BCUT2D eigenvalue weighted by molar-refractivity contribution is 6.03. The van der Waals surface area contributed by atoms with Crippen LogP contribution in [0, 0.1) is 6.92 Å². The van der Waals surface area contributed by atoms with E-state index in [0.717, 1.165) is 23.6 Å². The number of nitrogens with zero attached hydrogens (tertiary/aromatic N) is 5. The van der Waals surface area contributed by atoms with Gasteiger partial charge in [0, 0.05) is 25.4 Å². The Bertz CT molecular complexity index is 1110. The van der Waals surface area contributed by atoms with Gasteiger partial charge in [-0.3, -0.25) is 9.48 Å². The van der Waals surface area contributed by atoms with Crippen molar-refractivity contribution in [2.24, 2.45) is 0 Å². The predicted molar refractivity (Wildman–Crippen MR) is 122 cm³/mol. The molecule has 0 fully saturated rings. The second-order valence-corrected chi connectivity index (χ2v) is 8.41. The fraction of sp³-hybridized carbons (Fsp3) is 0.391. The van der Waals surface area contributed by atoms with Gasteiger partial charge in [-0.05, 0) is 30.9 Å². The largest absolute Gasteiger partial charge is 0.350 e. The van der Waals surface area contributed by atoms with Gasteiger partial charge in [-0.1, -0.05) is 38.1 Å². The number of nitrogens with one attached hydrogen (secondary N) is 2. The highest BCUT2D eigenvalue weighted by atomic mass is 16.2. The second kappa shape index (κ2) is 8.37. The maximum Gasteiger partial charge on any atom is 0.246 e. The molecule has 0 radical (unpaired) electrons. The summed E-state index contributed by atoms with van der Waals surface area (Å²) in [5.74, 6) is 1.72. The molecule has 1 aromatic carbocycles. The van der Waals surface area contributed by atoms with E-state index in [4.69, 9.17) is 0 Å². The molecule has 2 aromatic heterocycles. The van der Waals surface area contributed by atoms with E-state index < -0.39 is 0 Å². The number of likely N-dealkylation sites (N-methyl/N-ethyl adjacent to an activating group) is 1. The van der Waals surface area contributed by atoms with E-state index in [9.17, 15) is 4.79 Å². The molecule has 1 aliphatic heterocycles. The topological polar surface area (TPSA) is 88.0 Å². The van der Waals surface area contributed by atoms with Crippen molar-refractivity contribution in [1.82, 2.24) is 19.7 Å². The SMILES string of the molecule is Cc1nc(NCc2cnn(Cc3cccc(C(C)C)c3)c2)nc2c1NC(=O)[C@H](C)N2C. The number of carbonyl (C=O) groups is 1. The molecule has 8 heteroatoms. The van der Waals surface area contributed by atoms with Crippen molar-refractivity contribution in [2.75, 3.05) is 22.6 Å². The molecule has 1 aliphatic rings. The third-order valence-electron chi connectivity index (χ3n) is 5.71. The zero-order valence-corrected chi connectivity index (χ0v) is 18.7. The minimum Gasteiger partial charge on any atom is -0.350 e. The molecule has 0 bridgehead atoms. The van der Waals surface area contributed by atoms with Crippen LogP contribution in [0.25, 0.3) is 0 Å². The van der Waals surface area contributed by atoms with Crippen molar-refractivity contribution < 1.29 is 4.79 Å². The summed E-state index contributed by atoms with van der Waals surface area (Å²) >= 11 is 0. The molecular weight excluding hydrogens is 390 g/mol. The first-order chi connectivity index (χ1) is 14.8. The van der Waals surface area contributed by atoms with Crippen LogP contribution in [0.5, 0.6) is 0 Å². The summed E-state index contributed by atoms with van der Waals surface area (Å²) in [6, 6.07) is 8.36. The molecule has 0 saturated heterocycles. The predicted octanol–water partition coefficient (Wildman–Crippen LogP) is 3.54. The number of fused-ring (bicyclic) bond motifs is 1. The van der Waals surface area contributed by atoms with Gasteiger partial charge < -0.3 is 15.5 Å². The maximum absolute atomic E-state index is 12.1. The molecule has 162 valence electrons. The lowest BCUT2D eigenvalue weighted by atomic mass is 10.0. The van der Waals surface area contributed by atoms with Gasteiger partial charge in [0.05, 0.1) is 18.4 Å². The van der Waals surface area contributed by atoms with Crippen LogP contribution in [-0.2, 0) is 17.9 Å². The van der Waals surface area contributed by atoms with E-state index in [1.807, 2.05) is 42.9 Å². The van der Waals surface area contributed by atoms with Gasteiger partial charge in [-0.15, -0.1) is 0 Å². The Morgan fingerprint density at radius 1 is 1.23 bits per heavy atom. The molecule has 0 aliphatic carbocycles. The van der Waals surface area contributed by atoms with Crippen LogP contribution in [0.4, 0.5) is 17.5 Å². The van der Waals surface area contributed by atoms with Crippen LogP contribution in [0.3, 0.4) is 0 Å². The second-order valence-electron chi connectivity index (χ2n) is 8.41. The van der Waals surface area contributed by atoms with Crippen LogP contribution in [0.2, 0.25) is 0 Å². The number of amides is 1. The normalized spacial score (nSPS) is 15.7. The number of anilines is 3. The average Bonchev–Trinajstić information content (AvgIpc) is 3.19.